The van der Waals surface area contributed by atoms with Crippen LogP contribution in [0.4, 0.5) is 4.39 Å². The predicted octanol–water partition coefficient (Wildman–Crippen LogP) is 3.68. The van der Waals surface area contributed by atoms with Gasteiger partial charge in [0.25, 0.3) is 0 Å². The molecule has 16 heavy (non-hydrogen) atoms. The van der Waals surface area contributed by atoms with Crippen LogP contribution >= 0.6 is 15.9 Å². The van der Waals surface area contributed by atoms with Gasteiger partial charge in [-0.15, -0.1) is 0 Å². The first kappa shape index (κ1) is 13.7. The molecule has 0 fully saturated rings. The Balaban J connectivity index is 2.51. The number of halogens is 2. The van der Waals surface area contributed by atoms with E-state index in [1.807, 2.05) is 19.2 Å². The molecule has 90 valence electrons. The van der Waals surface area contributed by atoms with Gasteiger partial charge in [0.05, 0.1) is 0 Å². The lowest BCUT2D eigenvalue weighted by molar-refractivity contribution is 0.275. The number of benzene rings is 1. The molecule has 1 aromatic carbocycles. The van der Waals surface area contributed by atoms with Crippen molar-refractivity contribution in [3.05, 3.63) is 35.6 Å². The Kier molecular flexibility index (Phi) is 5.99. The van der Waals surface area contributed by atoms with Crippen molar-refractivity contribution in [3.63, 3.8) is 0 Å². The second kappa shape index (κ2) is 7.02. The molecule has 0 aromatic heterocycles. The smallest absolute Gasteiger partial charge is 0.127 e. The maximum Gasteiger partial charge on any atom is 0.127 e. The molecule has 0 heterocycles. The van der Waals surface area contributed by atoms with Crippen molar-refractivity contribution in [3.8, 4) is 0 Å². The van der Waals surface area contributed by atoms with Gasteiger partial charge < -0.3 is 4.90 Å². The summed E-state index contributed by atoms with van der Waals surface area (Å²) in [5.74, 6) is 0.526. The first-order valence-corrected chi connectivity index (χ1v) is 6.77. The van der Waals surface area contributed by atoms with Gasteiger partial charge >= 0.3 is 0 Å². The molecule has 0 bridgehead atoms. The van der Waals surface area contributed by atoms with Gasteiger partial charge in [-0.05, 0) is 19.0 Å². The van der Waals surface area contributed by atoms with Crippen molar-refractivity contribution < 1.29 is 4.39 Å². The molecule has 0 saturated carbocycles. The Hall–Kier alpha value is -0.410. The van der Waals surface area contributed by atoms with Crippen LogP contribution in [-0.4, -0.2) is 23.8 Å². The van der Waals surface area contributed by atoms with E-state index in [9.17, 15) is 4.39 Å². The van der Waals surface area contributed by atoms with Gasteiger partial charge in [-0.1, -0.05) is 47.5 Å². The normalized spacial score (nSPS) is 13.1. The third-order valence-corrected chi connectivity index (χ3v) is 3.68. The average Bonchev–Trinajstić information content (AvgIpc) is 2.29. The molecule has 3 heteroatoms. The zero-order valence-electron chi connectivity index (χ0n) is 9.92. The Bertz CT molecular complexity index is 313. The van der Waals surface area contributed by atoms with Crippen molar-refractivity contribution in [2.45, 2.75) is 19.9 Å². The summed E-state index contributed by atoms with van der Waals surface area (Å²) >= 11 is 3.50. The summed E-state index contributed by atoms with van der Waals surface area (Å²) in [5.41, 5.74) is 0.773. The van der Waals surface area contributed by atoms with Gasteiger partial charge in [0.2, 0.25) is 0 Å². The lowest BCUT2D eigenvalue weighted by Gasteiger charge is -2.21. The van der Waals surface area contributed by atoms with E-state index in [0.717, 1.165) is 23.9 Å². The van der Waals surface area contributed by atoms with Crippen molar-refractivity contribution in [2.75, 3.05) is 18.9 Å². The fourth-order valence-electron chi connectivity index (χ4n) is 1.71. The van der Waals surface area contributed by atoms with E-state index in [0.29, 0.717) is 12.5 Å². The Morgan fingerprint density at radius 3 is 2.62 bits per heavy atom. The molecule has 0 aliphatic rings. The third kappa shape index (κ3) is 4.22. The van der Waals surface area contributed by atoms with E-state index in [4.69, 9.17) is 0 Å². The highest BCUT2D eigenvalue weighted by molar-refractivity contribution is 9.09. The molecule has 0 radical (unpaired) electrons. The fourth-order valence-corrected chi connectivity index (χ4v) is 2.37. The lowest BCUT2D eigenvalue weighted by atomic mass is 10.1. The molecule has 0 saturated heterocycles. The van der Waals surface area contributed by atoms with Crippen LogP contribution < -0.4 is 0 Å². The minimum Gasteiger partial charge on any atom is -0.302 e. The largest absolute Gasteiger partial charge is 0.302 e. The van der Waals surface area contributed by atoms with Gasteiger partial charge in [0, 0.05) is 24.0 Å². The van der Waals surface area contributed by atoms with Gasteiger partial charge in [-0.2, -0.15) is 0 Å². The summed E-state index contributed by atoms with van der Waals surface area (Å²) in [4.78, 5) is 2.17. The summed E-state index contributed by atoms with van der Waals surface area (Å²) in [7, 11) is 2.04. The van der Waals surface area contributed by atoms with Crippen molar-refractivity contribution in [1.82, 2.24) is 4.90 Å². The van der Waals surface area contributed by atoms with E-state index in [1.165, 1.54) is 6.07 Å². The number of hydrogen-bond donors (Lipinski definition) is 0. The predicted molar refractivity (Wildman–Crippen MR) is 70.3 cm³/mol. The molecular weight excluding hydrogens is 269 g/mol. The van der Waals surface area contributed by atoms with Crippen molar-refractivity contribution in [1.29, 1.82) is 0 Å². The monoisotopic (exact) mass is 287 g/mol. The highest BCUT2D eigenvalue weighted by atomic mass is 79.9. The Morgan fingerprint density at radius 1 is 1.38 bits per heavy atom. The first-order valence-electron chi connectivity index (χ1n) is 5.65. The van der Waals surface area contributed by atoms with Gasteiger partial charge in [-0.3, -0.25) is 0 Å². The average molecular weight is 288 g/mol. The van der Waals surface area contributed by atoms with Crippen LogP contribution in [0, 0.1) is 11.7 Å². The van der Waals surface area contributed by atoms with Crippen LogP contribution in [-0.2, 0) is 6.54 Å². The molecule has 1 unspecified atom stereocenters. The SMILES string of the molecule is CCC(CBr)CN(C)Cc1ccccc1F. The summed E-state index contributed by atoms with van der Waals surface area (Å²) in [6, 6.07) is 6.98. The molecule has 1 nitrogen and oxygen atoms in total. The zero-order chi connectivity index (χ0) is 12.0. The summed E-state index contributed by atoms with van der Waals surface area (Å²) in [5, 5.41) is 1.01. The van der Waals surface area contributed by atoms with Crippen molar-refractivity contribution in [2.24, 2.45) is 5.92 Å². The number of nitrogens with zero attached hydrogens (tertiary/aromatic N) is 1. The molecule has 1 atom stereocenters. The molecule has 0 aliphatic carbocycles. The summed E-state index contributed by atoms with van der Waals surface area (Å²) < 4.78 is 13.4. The van der Waals surface area contributed by atoms with Crippen LogP contribution in [0.25, 0.3) is 0 Å². The molecule has 0 spiro atoms. The maximum absolute atomic E-state index is 13.4. The van der Waals surface area contributed by atoms with Crippen LogP contribution in [0.15, 0.2) is 24.3 Å². The Labute approximate surface area is 106 Å². The molecule has 0 aliphatic heterocycles. The third-order valence-electron chi connectivity index (χ3n) is 2.76. The molecule has 1 rings (SSSR count). The van der Waals surface area contributed by atoms with Gasteiger partial charge in [0.15, 0.2) is 0 Å². The minimum atomic E-state index is -0.110. The lowest BCUT2D eigenvalue weighted by Crippen LogP contribution is -2.26. The van der Waals surface area contributed by atoms with E-state index < -0.39 is 0 Å². The van der Waals surface area contributed by atoms with Crippen LogP contribution in [0.1, 0.15) is 18.9 Å². The van der Waals surface area contributed by atoms with Gasteiger partial charge in [-0.25, -0.2) is 4.39 Å². The molecular formula is C13H19BrFN. The maximum atomic E-state index is 13.4. The molecule has 1 aromatic rings. The summed E-state index contributed by atoms with van der Waals surface area (Å²) in [6.45, 7) is 3.86. The minimum absolute atomic E-state index is 0.110. The molecule has 0 amide bonds. The topological polar surface area (TPSA) is 3.24 Å². The number of rotatable bonds is 6. The Morgan fingerprint density at radius 2 is 2.06 bits per heavy atom. The van der Waals surface area contributed by atoms with Crippen LogP contribution in [0.2, 0.25) is 0 Å². The van der Waals surface area contributed by atoms with E-state index in [-0.39, 0.29) is 5.82 Å². The van der Waals surface area contributed by atoms with E-state index >= 15 is 0 Å². The molecule has 0 N–H and O–H groups in total. The van der Waals surface area contributed by atoms with Crippen LogP contribution in [0.3, 0.4) is 0 Å². The quantitative estimate of drug-likeness (QED) is 0.722. The first-order chi connectivity index (χ1) is 7.67. The van der Waals surface area contributed by atoms with E-state index in [1.54, 1.807) is 6.07 Å². The second-order valence-corrected chi connectivity index (χ2v) is 4.86. The standard InChI is InChI=1S/C13H19BrFN/c1-3-11(8-14)9-16(2)10-12-6-4-5-7-13(12)15/h4-7,11H,3,8-10H2,1-2H3. The highest BCUT2D eigenvalue weighted by Gasteiger charge is 2.10. The zero-order valence-corrected chi connectivity index (χ0v) is 11.5. The van der Waals surface area contributed by atoms with Gasteiger partial charge in [0.1, 0.15) is 5.82 Å². The van der Waals surface area contributed by atoms with Crippen LogP contribution in [0.5, 0.6) is 0 Å². The second-order valence-electron chi connectivity index (χ2n) is 4.22. The fraction of sp³-hybridized carbons (Fsp3) is 0.538. The number of hydrogen-bond acceptors (Lipinski definition) is 1. The number of alkyl halides is 1. The van der Waals surface area contributed by atoms with E-state index in [2.05, 4.69) is 27.8 Å². The summed E-state index contributed by atoms with van der Waals surface area (Å²) in [6.07, 6.45) is 1.15. The van der Waals surface area contributed by atoms with Crippen molar-refractivity contribution >= 4 is 15.9 Å². The highest BCUT2D eigenvalue weighted by Crippen LogP contribution is 2.12.